The van der Waals surface area contributed by atoms with Crippen LogP contribution in [0.15, 0.2) is 29.2 Å². The van der Waals surface area contributed by atoms with Crippen molar-refractivity contribution in [1.82, 2.24) is 0 Å². The van der Waals surface area contributed by atoms with Crippen molar-refractivity contribution in [3.8, 4) is 0 Å². The van der Waals surface area contributed by atoms with Crippen LogP contribution in [0.25, 0.3) is 0 Å². The van der Waals surface area contributed by atoms with Crippen LogP contribution in [0.3, 0.4) is 0 Å². The first-order chi connectivity index (χ1) is 12.5. The fourth-order valence-corrected chi connectivity index (χ4v) is 5.87. The molecule has 1 heterocycles. The number of nitrogens with two attached hydrogens (primary N) is 1. The average Bonchev–Trinajstić information content (AvgIpc) is 2.90. The summed E-state index contributed by atoms with van der Waals surface area (Å²) in [5.74, 6) is -0.367. The van der Waals surface area contributed by atoms with Crippen LogP contribution in [-0.2, 0) is 29.0 Å². The summed E-state index contributed by atoms with van der Waals surface area (Å²) in [5.41, 5.74) is 5.21. The fourth-order valence-electron chi connectivity index (χ4n) is 3.10. The van der Waals surface area contributed by atoms with E-state index in [4.69, 9.17) is 5.73 Å². The third-order valence-corrected chi connectivity index (χ3v) is 7.10. The molecule has 5 nitrogen and oxygen atoms in total. The Balaban J connectivity index is 2.01. The van der Waals surface area contributed by atoms with Crippen molar-refractivity contribution >= 4 is 32.3 Å². The number of hydrogen-bond acceptors (Lipinski definition) is 4. The van der Waals surface area contributed by atoms with Gasteiger partial charge in [0, 0.05) is 4.88 Å². The van der Waals surface area contributed by atoms with Crippen LogP contribution in [0.5, 0.6) is 0 Å². The second-order valence-electron chi connectivity index (χ2n) is 6.55. The van der Waals surface area contributed by atoms with Crippen LogP contribution in [0.2, 0.25) is 0 Å². The smallest absolute Gasteiger partial charge is 0.365 e. The zero-order valence-electron chi connectivity index (χ0n) is 14.3. The minimum absolute atomic E-state index is 0.0546. The Hall–Kier alpha value is -2.07. The Morgan fingerprint density at radius 3 is 2.67 bits per heavy atom. The third kappa shape index (κ3) is 3.96. The predicted octanol–water partition coefficient (Wildman–Crippen LogP) is 3.79. The Morgan fingerprint density at radius 1 is 1.33 bits per heavy atom. The SMILES string of the molecule is CC1CCc2c(sc(NS(=O)(=O)c3cccc(C(F)(F)F)c3)c2C(N)=O)C1. The molecule has 1 amide bonds. The number of rotatable bonds is 4. The molecule has 1 atom stereocenters. The highest BCUT2D eigenvalue weighted by Gasteiger charge is 2.33. The topological polar surface area (TPSA) is 89.3 Å². The number of sulfonamides is 1. The summed E-state index contributed by atoms with van der Waals surface area (Å²) in [6, 6.07) is 3.44. The first-order valence-electron chi connectivity index (χ1n) is 8.13. The first kappa shape index (κ1) is 19.7. The van der Waals surface area contributed by atoms with Crippen LogP contribution in [-0.4, -0.2) is 14.3 Å². The number of nitrogens with one attached hydrogen (secondary N) is 1. The molecular weight excluding hydrogens is 401 g/mol. The molecular formula is C17H17F3N2O3S2. The molecule has 1 unspecified atom stereocenters. The quantitative estimate of drug-likeness (QED) is 0.792. The van der Waals surface area contributed by atoms with Crippen molar-refractivity contribution < 1.29 is 26.4 Å². The number of primary amides is 1. The number of fused-ring (bicyclic) bond motifs is 1. The molecule has 1 aromatic heterocycles. The summed E-state index contributed by atoms with van der Waals surface area (Å²) in [6.07, 6.45) is -2.51. The molecule has 0 saturated heterocycles. The standard InChI is InChI=1S/C17H17F3N2O3S2/c1-9-5-6-12-13(7-9)26-16(14(12)15(21)23)22-27(24,25)11-4-2-3-10(8-11)17(18,19)20/h2-4,8-9,22H,5-7H2,1H3,(H2,21,23). The second-order valence-corrected chi connectivity index (χ2v) is 9.34. The minimum Gasteiger partial charge on any atom is -0.365 e. The van der Waals surface area contributed by atoms with Gasteiger partial charge in [0.25, 0.3) is 15.9 Å². The van der Waals surface area contributed by atoms with Gasteiger partial charge in [0.15, 0.2) is 0 Å². The van der Waals surface area contributed by atoms with Gasteiger partial charge in [-0.15, -0.1) is 11.3 Å². The molecule has 146 valence electrons. The van der Waals surface area contributed by atoms with E-state index in [0.717, 1.165) is 46.4 Å². The number of alkyl halides is 3. The minimum atomic E-state index is -4.66. The Morgan fingerprint density at radius 2 is 2.04 bits per heavy atom. The van der Waals surface area contributed by atoms with Crippen LogP contribution >= 0.6 is 11.3 Å². The molecule has 27 heavy (non-hydrogen) atoms. The number of hydrogen-bond donors (Lipinski definition) is 2. The highest BCUT2D eigenvalue weighted by molar-refractivity contribution is 7.93. The second kappa shape index (κ2) is 6.83. The van der Waals surface area contributed by atoms with Gasteiger partial charge in [0.05, 0.1) is 16.0 Å². The van der Waals surface area contributed by atoms with Gasteiger partial charge in [0.2, 0.25) is 0 Å². The molecule has 0 bridgehead atoms. The van der Waals surface area contributed by atoms with E-state index in [0.29, 0.717) is 24.8 Å². The lowest BCUT2D eigenvalue weighted by Gasteiger charge is -2.18. The number of carbonyl (C=O) groups is 1. The van der Waals surface area contributed by atoms with E-state index in [1.807, 2.05) is 0 Å². The van der Waals surface area contributed by atoms with Crippen molar-refractivity contribution in [2.75, 3.05) is 4.72 Å². The summed E-state index contributed by atoms with van der Waals surface area (Å²) < 4.78 is 66.1. The number of anilines is 1. The number of halogens is 3. The van der Waals surface area contributed by atoms with E-state index < -0.39 is 32.6 Å². The monoisotopic (exact) mass is 418 g/mol. The first-order valence-corrected chi connectivity index (χ1v) is 10.4. The summed E-state index contributed by atoms with van der Waals surface area (Å²) in [5, 5.41) is 0.0546. The molecule has 2 aromatic rings. The summed E-state index contributed by atoms with van der Waals surface area (Å²) in [4.78, 5) is 12.2. The Kier molecular flexibility index (Phi) is 4.98. The van der Waals surface area contributed by atoms with Gasteiger partial charge in [-0.3, -0.25) is 9.52 Å². The summed E-state index contributed by atoms with van der Waals surface area (Å²) >= 11 is 1.11. The number of carbonyl (C=O) groups excluding carboxylic acids is 1. The highest BCUT2D eigenvalue weighted by Crippen LogP contribution is 2.40. The molecule has 0 spiro atoms. The van der Waals surface area contributed by atoms with Gasteiger partial charge in [-0.2, -0.15) is 13.2 Å². The van der Waals surface area contributed by atoms with E-state index in [2.05, 4.69) is 11.6 Å². The predicted molar refractivity (Wildman–Crippen MR) is 96.3 cm³/mol. The van der Waals surface area contributed by atoms with Crippen molar-refractivity contribution in [1.29, 1.82) is 0 Å². The van der Waals surface area contributed by atoms with E-state index in [-0.39, 0.29) is 10.6 Å². The molecule has 10 heteroatoms. The fraction of sp³-hybridized carbons (Fsp3) is 0.353. The maximum absolute atomic E-state index is 12.9. The van der Waals surface area contributed by atoms with Gasteiger partial charge < -0.3 is 5.73 Å². The van der Waals surface area contributed by atoms with Crippen molar-refractivity contribution in [3.05, 3.63) is 45.8 Å². The van der Waals surface area contributed by atoms with E-state index >= 15 is 0 Å². The zero-order chi connectivity index (χ0) is 20.0. The van der Waals surface area contributed by atoms with Crippen LogP contribution in [0.4, 0.5) is 18.2 Å². The van der Waals surface area contributed by atoms with E-state index in [1.165, 1.54) is 0 Å². The lowest BCUT2D eigenvalue weighted by Crippen LogP contribution is -2.20. The van der Waals surface area contributed by atoms with Crippen molar-refractivity contribution in [2.24, 2.45) is 11.7 Å². The Labute approximate surface area is 158 Å². The van der Waals surface area contributed by atoms with E-state index in [9.17, 15) is 26.4 Å². The highest BCUT2D eigenvalue weighted by atomic mass is 32.2. The van der Waals surface area contributed by atoms with E-state index in [1.54, 1.807) is 0 Å². The lowest BCUT2D eigenvalue weighted by molar-refractivity contribution is -0.137. The lowest BCUT2D eigenvalue weighted by atomic mass is 9.88. The molecule has 0 saturated carbocycles. The molecule has 0 fully saturated rings. The van der Waals surface area contributed by atoms with Gasteiger partial charge in [-0.05, 0) is 48.9 Å². The maximum Gasteiger partial charge on any atom is 0.416 e. The van der Waals surface area contributed by atoms with Gasteiger partial charge >= 0.3 is 6.18 Å². The van der Waals surface area contributed by atoms with Crippen LogP contribution in [0.1, 0.15) is 39.7 Å². The molecule has 0 aliphatic heterocycles. The zero-order valence-corrected chi connectivity index (χ0v) is 15.9. The molecule has 1 aromatic carbocycles. The molecule has 3 rings (SSSR count). The van der Waals surface area contributed by atoms with Crippen molar-refractivity contribution in [2.45, 2.75) is 37.3 Å². The summed E-state index contributed by atoms with van der Waals surface area (Å²) in [6.45, 7) is 2.05. The number of thiophene rings is 1. The number of benzene rings is 1. The Bertz CT molecular complexity index is 997. The normalized spacial score (nSPS) is 17.4. The van der Waals surface area contributed by atoms with Gasteiger partial charge in [-0.1, -0.05) is 13.0 Å². The average molecular weight is 418 g/mol. The number of amides is 1. The molecule has 0 radical (unpaired) electrons. The van der Waals surface area contributed by atoms with Crippen LogP contribution < -0.4 is 10.5 Å². The third-order valence-electron chi connectivity index (χ3n) is 4.46. The molecule has 1 aliphatic carbocycles. The molecule has 3 N–H and O–H groups in total. The largest absolute Gasteiger partial charge is 0.416 e. The van der Waals surface area contributed by atoms with Gasteiger partial charge in [0.1, 0.15) is 5.00 Å². The maximum atomic E-state index is 12.9. The van der Waals surface area contributed by atoms with Gasteiger partial charge in [-0.25, -0.2) is 8.42 Å². The van der Waals surface area contributed by atoms with Crippen molar-refractivity contribution in [3.63, 3.8) is 0 Å². The van der Waals surface area contributed by atoms with Crippen LogP contribution in [0, 0.1) is 5.92 Å². The molecule has 1 aliphatic rings. The summed E-state index contributed by atoms with van der Waals surface area (Å²) in [7, 11) is -4.31.